The van der Waals surface area contributed by atoms with Crippen molar-refractivity contribution in [3.05, 3.63) is 77.9 Å². The van der Waals surface area contributed by atoms with Crippen LogP contribution in [0.3, 0.4) is 0 Å². The normalized spacial score (nSPS) is 15.1. The molecule has 0 spiro atoms. The third-order valence-electron chi connectivity index (χ3n) is 5.45. The zero-order chi connectivity index (χ0) is 21.8. The molecule has 0 aliphatic carbocycles. The molecule has 0 aromatic heterocycles. The molecule has 0 saturated heterocycles. The van der Waals surface area contributed by atoms with Gasteiger partial charge in [-0.15, -0.1) is 0 Å². The maximum absolute atomic E-state index is 12.8. The number of carbonyl (C=O) groups excluding carboxylic acids is 3. The number of amides is 2. The van der Waals surface area contributed by atoms with Gasteiger partial charge in [-0.3, -0.25) is 9.59 Å². The number of hydrogen-bond donors (Lipinski definition) is 1. The minimum atomic E-state index is -0.967. The number of carbonyl (C=O) groups is 3. The van der Waals surface area contributed by atoms with Crippen molar-refractivity contribution in [3.63, 3.8) is 0 Å². The van der Waals surface area contributed by atoms with E-state index >= 15 is 0 Å². The van der Waals surface area contributed by atoms with E-state index in [1.807, 2.05) is 66.7 Å². The molecule has 0 bridgehead atoms. The zero-order valence-electron chi connectivity index (χ0n) is 17.6. The first-order valence-corrected chi connectivity index (χ1v) is 10.2. The molecule has 1 aliphatic heterocycles. The lowest BCUT2D eigenvalue weighted by Gasteiger charge is -2.23. The highest BCUT2D eigenvalue weighted by Crippen LogP contribution is 2.26. The molecule has 1 aliphatic rings. The molecule has 2 amide bonds. The van der Waals surface area contributed by atoms with Crippen LogP contribution in [0.5, 0.6) is 0 Å². The number of aryl methyl sites for hydroxylation is 1. The smallest absolute Gasteiger partial charge is 0.240 e. The van der Waals surface area contributed by atoms with Crippen LogP contribution in [0, 0.1) is 0 Å². The summed E-state index contributed by atoms with van der Waals surface area (Å²) >= 11 is 0. The van der Waals surface area contributed by atoms with Crippen LogP contribution >= 0.6 is 0 Å². The van der Waals surface area contributed by atoms with Crippen LogP contribution in [0.25, 0.3) is 10.8 Å². The summed E-state index contributed by atoms with van der Waals surface area (Å²) in [6.45, 7) is -0.169. The van der Waals surface area contributed by atoms with E-state index < -0.39 is 18.2 Å². The van der Waals surface area contributed by atoms with E-state index in [2.05, 4.69) is 5.32 Å². The van der Waals surface area contributed by atoms with E-state index in [-0.39, 0.29) is 18.9 Å². The minimum absolute atomic E-state index is 0.108. The Labute approximate surface area is 177 Å². The fourth-order valence-electron chi connectivity index (χ4n) is 3.97. The van der Waals surface area contributed by atoms with Crippen LogP contribution in [-0.2, 0) is 27.2 Å². The van der Waals surface area contributed by atoms with Crippen LogP contribution in [0.4, 0.5) is 5.69 Å². The number of nitrogens with one attached hydrogen (secondary N) is 1. The molecule has 4 rings (SSSR count). The number of benzene rings is 3. The number of rotatable bonds is 6. The van der Waals surface area contributed by atoms with Gasteiger partial charge >= 0.3 is 0 Å². The van der Waals surface area contributed by atoms with Gasteiger partial charge in [-0.05, 0) is 47.2 Å². The van der Waals surface area contributed by atoms with Gasteiger partial charge in [0.2, 0.25) is 11.8 Å². The first-order chi connectivity index (χ1) is 15.0. The third-order valence-corrected chi connectivity index (χ3v) is 5.45. The second kappa shape index (κ2) is 8.91. The molecular weight excluding hydrogens is 376 g/mol. The summed E-state index contributed by atoms with van der Waals surface area (Å²) in [4.78, 5) is 38.8. The summed E-state index contributed by atoms with van der Waals surface area (Å²) in [5.74, 6) is -0.556. The number of aldehydes is 1. The Balaban J connectivity index is 1.48. The first-order valence-electron chi connectivity index (χ1n) is 10.7. The van der Waals surface area contributed by atoms with Crippen molar-refractivity contribution >= 4 is 34.5 Å². The predicted molar refractivity (Wildman–Crippen MR) is 117 cm³/mol. The van der Waals surface area contributed by atoms with Gasteiger partial charge < -0.3 is 15.0 Å². The van der Waals surface area contributed by atoms with Crippen molar-refractivity contribution in [1.29, 1.82) is 0 Å². The maximum Gasteiger partial charge on any atom is 0.240 e. The largest absolute Gasteiger partial charge is 0.345 e. The van der Waals surface area contributed by atoms with Crippen LogP contribution < -0.4 is 10.2 Å². The zero-order valence-corrected chi connectivity index (χ0v) is 16.6. The standard InChI is InChI=1S/C25H24N2O3/c28-17-22(15-18-12-13-19-6-1-2-8-21(19)14-18)26-24(29)16-27-23-10-4-3-7-20(23)9-5-11-25(27)30/h1-4,6-8,10,12-14,17,22H,5,9,11,15-16H2,(H,26,29)/t22-/m1/s1/i17D. The maximum atomic E-state index is 12.8. The third kappa shape index (κ3) is 4.40. The van der Waals surface area contributed by atoms with E-state index in [1.165, 1.54) is 4.90 Å². The van der Waals surface area contributed by atoms with Crippen molar-refractivity contribution in [2.24, 2.45) is 0 Å². The molecule has 1 N–H and O–H groups in total. The fraction of sp³-hybridized carbons (Fsp3) is 0.240. The minimum Gasteiger partial charge on any atom is -0.345 e. The molecule has 3 aromatic rings. The molecule has 30 heavy (non-hydrogen) atoms. The Morgan fingerprint density at radius 2 is 1.83 bits per heavy atom. The summed E-state index contributed by atoms with van der Waals surface area (Å²) in [5.41, 5.74) is 2.63. The van der Waals surface area contributed by atoms with Gasteiger partial charge in [0.15, 0.2) is 0 Å². The molecule has 1 heterocycles. The number of nitrogens with zero attached hydrogens (tertiary/aromatic N) is 1. The highest BCUT2D eigenvalue weighted by atomic mass is 16.2. The molecule has 1 atom stereocenters. The SMILES string of the molecule is [2H]C(=O)[C@@H](Cc1ccc2ccccc2c1)NC(=O)CN1C(=O)CCCc2ccccc21. The van der Waals surface area contributed by atoms with Crippen molar-refractivity contribution in [1.82, 2.24) is 5.32 Å². The topological polar surface area (TPSA) is 66.5 Å². The van der Waals surface area contributed by atoms with E-state index in [1.54, 1.807) is 0 Å². The molecule has 0 saturated carbocycles. The Morgan fingerprint density at radius 1 is 1.07 bits per heavy atom. The number of para-hydroxylation sites is 1. The summed E-state index contributed by atoms with van der Waals surface area (Å²) in [7, 11) is 0. The van der Waals surface area contributed by atoms with Gasteiger partial charge in [-0.2, -0.15) is 0 Å². The summed E-state index contributed by atoms with van der Waals surface area (Å²) in [6, 6.07) is 20.3. The van der Waals surface area contributed by atoms with Crippen LogP contribution in [-0.4, -0.2) is 30.7 Å². The van der Waals surface area contributed by atoms with Crippen LogP contribution in [0.1, 0.15) is 25.3 Å². The van der Waals surface area contributed by atoms with Crippen LogP contribution in [0.15, 0.2) is 66.7 Å². The van der Waals surface area contributed by atoms with Gasteiger partial charge in [0, 0.05) is 12.1 Å². The van der Waals surface area contributed by atoms with E-state index in [4.69, 9.17) is 1.37 Å². The number of fused-ring (bicyclic) bond motifs is 2. The average molecular weight is 401 g/mol. The predicted octanol–water partition coefficient (Wildman–Crippen LogP) is 3.44. The van der Waals surface area contributed by atoms with Crippen LogP contribution in [0.2, 0.25) is 0 Å². The molecule has 0 unspecified atom stereocenters. The van der Waals surface area contributed by atoms with Crippen molar-refractivity contribution in [3.8, 4) is 0 Å². The first kappa shape index (κ1) is 18.6. The molecule has 152 valence electrons. The monoisotopic (exact) mass is 401 g/mol. The molecule has 0 fully saturated rings. The van der Waals surface area contributed by atoms with Crippen molar-refractivity contribution in [2.75, 3.05) is 11.4 Å². The lowest BCUT2D eigenvalue weighted by atomic mass is 10.0. The fourth-order valence-corrected chi connectivity index (χ4v) is 3.97. The highest BCUT2D eigenvalue weighted by Gasteiger charge is 2.25. The van der Waals surface area contributed by atoms with Gasteiger partial charge in [0.1, 0.15) is 14.2 Å². The lowest BCUT2D eigenvalue weighted by Crippen LogP contribution is -2.45. The van der Waals surface area contributed by atoms with Crippen molar-refractivity contribution < 1.29 is 15.8 Å². The van der Waals surface area contributed by atoms with Gasteiger partial charge in [0.05, 0.1) is 6.04 Å². The van der Waals surface area contributed by atoms with Gasteiger partial charge in [-0.1, -0.05) is 60.7 Å². The van der Waals surface area contributed by atoms with E-state index in [9.17, 15) is 14.4 Å². The highest BCUT2D eigenvalue weighted by molar-refractivity contribution is 6.00. The summed E-state index contributed by atoms with van der Waals surface area (Å²) < 4.78 is 7.62. The van der Waals surface area contributed by atoms with Crippen molar-refractivity contribution in [2.45, 2.75) is 31.7 Å². The average Bonchev–Trinajstić information content (AvgIpc) is 2.92. The van der Waals surface area contributed by atoms with Gasteiger partial charge in [-0.25, -0.2) is 0 Å². The Hall–Kier alpha value is -3.47. The molecule has 0 radical (unpaired) electrons. The second-order valence-corrected chi connectivity index (χ2v) is 7.59. The van der Waals surface area contributed by atoms with E-state index in [0.29, 0.717) is 6.42 Å². The lowest BCUT2D eigenvalue weighted by molar-refractivity contribution is -0.125. The quantitative estimate of drug-likeness (QED) is 0.644. The van der Waals surface area contributed by atoms with Gasteiger partial charge in [0.25, 0.3) is 0 Å². The molecule has 3 aromatic carbocycles. The molecular formula is C25H24N2O3. The number of anilines is 1. The summed E-state index contributed by atoms with van der Waals surface area (Å²) in [6.07, 6.45) is 1.27. The Morgan fingerprint density at radius 3 is 2.67 bits per heavy atom. The molecule has 5 heteroatoms. The Kier molecular flexibility index (Phi) is 5.51. The van der Waals surface area contributed by atoms with E-state index in [0.717, 1.165) is 40.4 Å². The second-order valence-electron chi connectivity index (χ2n) is 7.59. The number of hydrogen-bond acceptors (Lipinski definition) is 3. The molecule has 5 nitrogen and oxygen atoms in total. The Bertz CT molecular complexity index is 1140. The summed E-state index contributed by atoms with van der Waals surface area (Å²) in [5, 5.41) is 4.78.